The molecule has 0 aliphatic rings. The van der Waals surface area contributed by atoms with E-state index in [4.69, 9.17) is 0 Å². The lowest BCUT2D eigenvalue weighted by Gasteiger charge is -2.11. The number of fused-ring (bicyclic) bond motifs is 2. The minimum Gasteiger partial charge on any atom is -0.332 e. The zero-order valence-electron chi connectivity index (χ0n) is 19.5. The van der Waals surface area contributed by atoms with Crippen molar-refractivity contribution in [2.24, 2.45) is 0 Å². The average molecular weight is 476 g/mol. The maximum Gasteiger partial charge on any atom is 0.319 e. The summed E-state index contributed by atoms with van der Waals surface area (Å²) >= 11 is 0. The van der Waals surface area contributed by atoms with Crippen molar-refractivity contribution < 1.29 is 9.59 Å². The Morgan fingerprint density at radius 3 is 1.44 bits per heavy atom. The van der Waals surface area contributed by atoms with Crippen LogP contribution in [0.5, 0.6) is 0 Å². The van der Waals surface area contributed by atoms with Gasteiger partial charge in [0.05, 0.1) is 35.9 Å². The van der Waals surface area contributed by atoms with Crippen molar-refractivity contribution in [3.63, 3.8) is 0 Å². The van der Waals surface area contributed by atoms with Crippen LogP contribution in [0.25, 0.3) is 21.5 Å². The number of rotatable bonds is 6. The summed E-state index contributed by atoms with van der Waals surface area (Å²) in [6.07, 6.45) is 0. The van der Waals surface area contributed by atoms with E-state index in [1.165, 1.54) is 0 Å². The predicted molar refractivity (Wildman–Crippen MR) is 144 cm³/mol. The first-order valence-electron chi connectivity index (χ1n) is 11.7. The number of pyridine rings is 1. The first-order chi connectivity index (χ1) is 17.7. The lowest BCUT2D eigenvalue weighted by molar-refractivity contribution is 0.251. The molecule has 5 aromatic rings. The summed E-state index contributed by atoms with van der Waals surface area (Å²) in [6, 6.07) is 32.2. The molecule has 0 saturated carbocycles. The third kappa shape index (κ3) is 5.42. The van der Waals surface area contributed by atoms with E-state index in [0.717, 1.165) is 32.9 Å². The number of carbonyl (C=O) groups is 2. The van der Waals surface area contributed by atoms with Crippen molar-refractivity contribution in [2.45, 2.75) is 13.1 Å². The Kier molecular flexibility index (Phi) is 6.71. The lowest BCUT2D eigenvalue weighted by Crippen LogP contribution is -2.30. The monoisotopic (exact) mass is 475 g/mol. The van der Waals surface area contributed by atoms with Gasteiger partial charge < -0.3 is 21.3 Å². The molecule has 1 heterocycles. The van der Waals surface area contributed by atoms with Gasteiger partial charge in [-0.15, -0.1) is 0 Å². The maximum absolute atomic E-state index is 12.5. The predicted octanol–water partition coefficient (Wildman–Crippen LogP) is 6.03. The maximum atomic E-state index is 12.5. The summed E-state index contributed by atoms with van der Waals surface area (Å²) in [5.74, 6) is 0. The second kappa shape index (κ2) is 10.6. The highest BCUT2D eigenvalue weighted by atomic mass is 16.2. The molecule has 0 saturated heterocycles. The number of nitrogens with zero attached hydrogens (tertiary/aromatic N) is 1. The van der Waals surface area contributed by atoms with Crippen molar-refractivity contribution in [2.75, 3.05) is 10.6 Å². The molecule has 0 fully saturated rings. The molecule has 4 aromatic carbocycles. The highest BCUT2D eigenvalue weighted by molar-refractivity contribution is 6.02. The van der Waals surface area contributed by atoms with Gasteiger partial charge in [-0.25, -0.2) is 9.59 Å². The van der Waals surface area contributed by atoms with E-state index < -0.39 is 0 Å². The molecule has 4 amide bonds. The second-order valence-electron chi connectivity index (χ2n) is 8.29. The molecule has 7 nitrogen and oxygen atoms in total. The Bertz CT molecular complexity index is 1430. The van der Waals surface area contributed by atoms with Crippen LogP contribution in [0.15, 0.2) is 103 Å². The molecule has 0 unspecified atom stereocenters. The Labute approximate surface area is 208 Å². The first-order valence-corrected chi connectivity index (χ1v) is 11.7. The molecular formula is C29H25N5O2. The van der Waals surface area contributed by atoms with Crippen LogP contribution in [-0.4, -0.2) is 17.0 Å². The summed E-state index contributed by atoms with van der Waals surface area (Å²) in [7, 11) is 0. The molecule has 0 aliphatic heterocycles. The second-order valence-corrected chi connectivity index (χ2v) is 8.29. The van der Waals surface area contributed by atoms with Gasteiger partial charge in [0.15, 0.2) is 0 Å². The minimum absolute atomic E-state index is 0.257. The Morgan fingerprint density at radius 1 is 0.528 bits per heavy atom. The number of hydrogen-bond donors (Lipinski definition) is 4. The molecule has 0 aliphatic carbocycles. The van der Waals surface area contributed by atoms with Crippen molar-refractivity contribution in [3.05, 3.63) is 115 Å². The topological polar surface area (TPSA) is 95.2 Å². The fraction of sp³-hybridized carbons (Fsp3) is 0.0690. The van der Waals surface area contributed by atoms with Crippen LogP contribution >= 0.6 is 0 Å². The third-order valence-corrected chi connectivity index (χ3v) is 5.80. The SMILES string of the molecule is O=C(NCc1cccc(CNC(=O)Nc2cccc3ccccc23)n1)Nc1cccc2ccccc12. The van der Waals surface area contributed by atoms with Gasteiger partial charge in [0.25, 0.3) is 0 Å². The number of benzene rings is 4. The highest BCUT2D eigenvalue weighted by Gasteiger charge is 2.08. The van der Waals surface area contributed by atoms with E-state index >= 15 is 0 Å². The highest BCUT2D eigenvalue weighted by Crippen LogP contribution is 2.23. The molecule has 0 bridgehead atoms. The summed E-state index contributed by atoms with van der Waals surface area (Å²) in [6.45, 7) is 0.513. The van der Waals surface area contributed by atoms with Crippen LogP contribution in [0.4, 0.5) is 21.0 Å². The van der Waals surface area contributed by atoms with Crippen molar-refractivity contribution in [1.29, 1.82) is 0 Å². The Morgan fingerprint density at radius 2 is 0.944 bits per heavy atom. The molecule has 4 N–H and O–H groups in total. The third-order valence-electron chi connectivity index (χ3n) is 5.80. The van der Waals surface area contributed by atoms with Crippen LogP contribution in [0, 0.1) is 0 Å². The van der Waals surface area contributed by atoms with Crippen LogP contribution in [0.2, 0.25) is 0 Å². The summed E-state index contributed by atoms with van der Waals surface area (Å²) in [4.78, 5) is 29.5. The van der Waals surface area contributed by atoms with E-state index in [0.29, 0.717) is 11.4 Å². The molecule has 7 heteroatoms. The normalized spacial score (nSPS) is 10.7. The quantitative estimate of drug-likeness (QED) is 0.241. The molecule has 178 valence electrons. The number of anilines is 2. The van der Waals surface area contributed by atoms with E-state index in [1.54, 1.807) is 0 Å². The van der Waals surface area contributed by atoms with Gasteiger partial charge in [-0.05, 0) is 35.0 Å². The van der Waals surface area contributed by atoms with E-state index in [9.17, 15) is 9.59 Å². The molecule has 0 radical (unpaired) electrons. The Balaban J connectivity index is 1.15. The van der Waals surface area contributed by atoms with Gasteiger partial charge in [-0.1, -0.05) is 78.9 Å². The summed E-state index contributed by atoms with van der Waals surface area (Å²) in [5, 5.41) is 15.6. The number of hydrogen-bond acceptors (Lipinski definition) is 3. The Hall–Kier alpha value is -4.91. The van der Waals surface area contributed by atoms with Crippen LogP contribution in [0.3, 0.4) is 0 Å². The minimum atomic E-state index is -0.314. The van der Waals surface area contributed by atoms with Crippen LogP contribution in [0.1, 0.15) is 11.4 Å². The summed E-state index contributed by atoms with van der Waals surface area (Å²) in [5.41, 5.74) is 2.87. The largest absolute Gasteiger partial charge is 0.332 e. The molecule has 0 spiro atoms. The lowest BCUT2D eigenvalue weighted by atomic mass is 10.1. The van der Waals surface area contributed by atoms with Gasteiger partial charge in [0, 0.05) is 10.8 Å². The van der Waals surface area contributed by atoms with Crippen molar-refractivity contribution in [1.82, 2.24) is 15.6 Å². The average Bonchev–Trinajstić information content (AvgIpc) is 2.91. The van der Waals surface area contributed by atoms with Gasteiger partial charge >= 0.3 is 12.1 Å². The van der Waals surface area contributed by atoms with Gasteiger partial charge in [-0.2, -0.15) is 0 Å². The number of amides is 4. The number of aromatic nitrogens is 1. The van der Waals surface area contributed by atoms with E-state index in [1.807, 2.05) is 103 Å². The van der Waals surface area contributed by atoms with E-state index in [2.05, 4.69) is 26.3 Å². The van der Waals surface area contributed by atoms with Crippen molar-refractivity contribution in [3.8, 4) is 0 Å². The van der Waals surface area contributed by atoms with E-state index in [-0.39, 0.29) is 25.2 Å². The molecular weight excluding hydrogens is 450 g/mol. The molecule has 0 atom stereocenters. The van der Waals surface area contributed by atoms with Gasteiger partial charge in [0.2, 0.25) is 0 Å². The van der Waals surface area contributed by atoms with Gasteiger partial charge in [-0.3, -0.25) is 4.98 Å². The zero-order chi connectivity index (χ0) is 24.7. The molecule has 5 rings (SSSR count). The zero-order valence-corrected chi connectivity index (χ0v) is 19.5. The number of nitrogens with one attached hydrogen (secondary N) is 4. The van der Waals surface area contributed by atoms with Gasteiger partial charge in [0.1, 0.15) is 0 Å². The van der Waals surface area contributed by atoms with Crippen molar-refractivity contribution >= 4 is 45.0 Å². The molecule has 1 aromatic heterocycles. The fourth-order valence-corrected chi connectivity index (χ4v) is 4.07. The van der Waals surface area contributed by atoms with Crippen LogP contribution < -0.4 is 21.3 Å². The summed E-state index contributed by atoms with van der Waals surface area (Å²) < 4.78 is 0. The smallest absolute Gasteiger partial charge is 0.319 e. The van der Waals surface area contributed by atoms with Crippen LogP contribution in [-0.2, 0) is 13.1 Å². The number of carbonyl (C=O) groups excluding carboxylic acids is 2. The molecule has 36 heavy (non-hydrogen) atoms. The number of urea groups is 2. The standard InChI is InChI=1S/C29H25N5O2/c35-28(33-26-16-5-10-20-8-1-3-14-24(20)26)30-18-22-12-7-13-23(32-22)19-31-29(36)34-27-17-6-11-21-9-2-4-15-25(21)27/h1-17H,18-19H2,(H2,30,33,35)(H2,31,34,36). The first kappa shape index (κ1) is 22.9. The fourth-order valence-electron chi connectivity index (χ4n) is 4.07.